The summed E-state index contributed by atoms with van der Waals surface area (Å²) in [6.45, 7) is -0.288. The Kier molecular flexibility index (Phi) is 5.19. The first-order chi connectivity index (χ1) is 10.5. The van der Waals surface area contributed by atoms with E-state index in [1.807, 2.05) is 0 Å². The van der Waals surface area contributed by atoms with Gasteiger partial charge in [-0.25, -0.2) is 0 Å². The molecule has 0 radical (unpaired) electrons. The number of carbonyl (C=O) groups is 1. The SMILES string of the molecule is COc1cccc(C(=O)NC[C@H]2N[C@H](CO)[C@@H](O)[C@@H]2O)c1O. The molecule has 2 rings (SSSR count). The number of hydrogen-bond donors (Lipinski definition) is 6. The molecule has 6 N–H and O–H groups in total. The van der Waals surface area contributed by atoms with Crippen LogP contribution in [-0.2, 0) is 0 Å². The van der Waals surface area contributed by atoms with Gasteiger partial charge in [-0.1, -0.05) is 6.07 Å². The van der Waals surface area contributed by atoms with Crippen molar-refractivity contribution in [3.8, 4) is 11.5 Å². The number of aliphatic hydroxyl groups is 3. The van der Waals surface area contributed by atoms with Crippen molar-refractivity contribution in [3.05, 3.63) is 23.8 Å². The van der Waals surface area contributed by atoms with E-state index in [1.165, 1.54) is 19.2 Å². The second kappa shape index (κ2) is 6.93. The third kappa shape index (κ3) is 3.14. The number of nitrogens with one attached hydrogen (secondary N) is 2. The summed E-state index contributed by atoms with van der Waals surface area (Å²) >= 11 is 0. The highest BCUT2D eigenvalue weighted by Gasteiger charge is 2.40. The summed E-state index contributed by atoms with van der Waals surface area (Å²) in [7, 11) is 1.38. The molecule has 0 aromatic heterocycles. The van der Waals surface area contributed by atoms with E-state index in [0.717, 1.165) is 0 Å². The summed E-state index contributed by atoms with van der Waals surface area (Å²) in [5.41, 5.74) is 0.0473. The lowest BCUT2D eigenvalue weighted by molar-refractivity contribution is 0.0197. The molecule has 1 aliphatic heterocycles. The monoisotopic (exact) mass is 312 g/mol. The van der Waals surface area contributed by atoms with Gasteiger partial charge in [0.25, 0.3) is 5.91 Å². The van der Waals surface area contributed by atoms with Crippen molar-refractivity contribution in [1.82, 2.24) is 10.6 Å². The molecule has 122 valence electrons. The molecule has 1 saturated heterocycles. The minimum absolute atomic E-state index is 0.0320. The standard InChI is InChI=1S/C14H20N2O6/c1-22-10-4-2-3-7(11(10)18)14(21)15-5-8-12(19)13(20)9(6-17)16-8/h2-4,8-9,12-13,16-20H,5-6H2,1H3,(H,15,21)/t8-,9-,12-,13-/m1/s1. The Hall–Kier alpha value is -1.87. The molecule has 1 fully saturated rings. The van der Waals surface area contributed by atoms with Crippen molar-refractivity contribution >= 4 is 5.91 Å². The van der Waals surface area contributed by atoms with Gasteiger partial charge >= 0.3 is 0 Å². The number of methoxy groups -OCH3 is 1. The molecular formula is C14H20N2O6. The minimum Gasteiger partial charge on any atom is -0.504 e. The van der Waals surface area contributed by atoms with Gasteiger partial charge in [-0.15, -0.1) is 0 Å². The number of hydrogen-bond acceptors (Lipinski definition) is 7. The Bertz CT molecular complexity index is 538. The van der Waals surface area contributed by atoms with Gasteiger partial charge in [0.15, 0.2) is 11.5 Å². The van der Waals surface area contributed by atoms with Gasteiger partial charge < -0.3 is 35.8 Å². The van der Waals surface area contributed by atoms with Crippen molar-refractivity contribution in [2.24, 2.45) is 0 Å². The number of aliphatic hydroxyl groups excluding tert-OH is 3. The maximum atomic E-state index is 12.1. The Morgan fingerprint density at radius 3 is 2.59 bits per heavy atom. The summed E-state index contributed by atoms with van der Waals surface area (Å²) in [6, 6.07) is 3.31. The third-order valence-corrected chi connectivity index (χ3v) is 3.75. The van der Waals surface area contributed by atoms with E-state index in [2.05, 4.69) is 10.6 Å². The molecule has 4 atom stereocenters. The summed E-state index contributed by atoms with van der Waals surface area (Å²) in [5.74, 6) is -0.620. The number of benzene rings is 1. The molecule has 0 unspecified atom stereocenters. The van der Waals surface area contributed by atoms with Gasteiger partial charge in [-0.05, 0) is 12.1 Å². The zero-order chi connectivity index (χ0) is 16.3. The van der Waals surface area contributed by atoms with Gasteiger partial charge in [-0.2, -0.15) is 0 Å². The van der Waals surface area contributed by atoms with E-state index in [0.29, 0.717) is 0 Å². The largest absolute Gasteiger partial charge is 0.504 e. The zero-order valence-corrected chi connectivity index (χ0v) is 12.1. The number of phenolic OH excluding ortho intramolecular Hbond substituents is 1. The van der Waals surface area contributed by atoms with Crippen LogP contribution in [0.2, 0.25) is 0 Å². The first-order valence-corrected chi connectivity index (χ1v) is 6.86. The van der Waals surface area contributed by atoms with Gasteiger partial charge in [0.05, 0.1) is 43.6 Å². The van der Waals surface area contributed by atoms with E-state index in [1.54, 1.807) is 6.07 Å². The molecule has 0 bridgehead atoms. The smallest absolute Gasteiger partial charge is 0.255 e. The van der Waals surface area contributed by atoms with Crippen LogP contribution in [0.3, 0.4) is 0 Å². The van der Waals surface area contributed by atoms with Gasteiger partial charge in [0, 0.05) is 6.54 Å². The molecule has 8 nitrogen and oxygen atoms in total. The molecule has 1 amide bonds. The Morgan fingerprint density at radius 2 is 2.00 bits per heavy atom. The normalized spacial score (nSPS) is 27.6. The van der Waals surface area contributed by atoms with E-state index < -0.39 is 30.2 Å². The molecule has 1 aromatic rings. The Balaban J connectivity index is 1.99. The van der Waals surface area contributed by atoms with Crippen LogP contribution in [-0.4, -0.2) is 70.9 Å². The molecule has 1 heterocycles. The second-order valence-electron chi connectivity index (χ2n) is 5.11. The van der Waals surface area contributed by atoms with Crippen molar-refractivity contribution in [1.29, 1.82) is 0 Å². The Morgan fingerprint density at radius 1 is 1.32 bits per heavy atom. The molecule has 1 aromatic carbocycles. The Labute approximate surface area is 127 Å². The number of amides is 1. The van der Waals surface area contributed by atoms with Crippen molar-refractivity contribution in [3.63, 3.8) is 0 Å². The number of carbonyl (C=O) groups excluding carboxylic acids is 1. The number of phenols is 1. The molecule has 1 aliphatic rings. The molecule has 0 saturated carbocycles. The molecule has 22 heavy (non-hydrogen) atoms. The van der Waals surface area contributed by atoms with E-state index in [9.17, 15) is 20.1 Å². The van der Waals surface area contributed by atoms with Gasteiger partial charge in [0.2, 0.25) is 0 Å². The van der Waals surface area contributed by atoms with Crippen molar-refractivity contribution < 1.29 is 30.0 Å². The minimum atomic E-state index is -1.10. The van der Waals surface area contributed by atoms with E-state index in [-0.39, 0.29) is 30.2 Å². The lowest BCUT2D eigenvalue weighted by Gasteiger charge is -2.17. The zero-order valence-electron chi connectivity index (χ0n) is 12.1. The highest BCUT2D eigenvalue weighted by Crippen LogP contribution is 2.29. The number of aromatic hydroxyl groups is 1. The maximum absolute atomic E-state index is 12.1. The fraction of sp³-hybridized carbons (Fsp3) is 0.500. The molecule has 0 spiro atoms. The molecular weight excluding hydrogens is 292 g/mol. The first-order valence-electron chi connectivity index (χ1n) is 6.86. The van der Waals surface area contributed by atoms with Crippen LogP contribution in [0.25, 0.3) is 0 Å². The maximum Gasteiger partial charge on any atom is 0.255 e. The van der Waals surface area contributed by atoms with Crippen molar-refractivity contribution in [2.75, 3.05) is 20.3 Å². The first kappa shape index (κ1) is 16.5. The summed E-state index contributed by atoms with van der Waals surface area (Å²) < 4.78 is 4.93. The quantitative estimate of drug-likeness (QED) is 0.377. The van der Waals surface area contributed by atoms with Crippen LogP contribution in [0.15, 0.2) is 18.2 Å². The number of para-hydroxylation sites is 1. The van der Waals surface area contributed by atoms with Crippen LogP contribution in [0.1, 0.15) is 10.4 Å². The van der Waals surface area contributed by atoms with Crippen LogP contribution in [0.4, 0.5) is 0 Å². The van der Waals surface area contributed by atoms with Crippen LogP contribution in [0, 0.1) is 0 Å². The predicted octanol–water partition coefficient (Wildman–Crippen LogP) is -1.81. The van der Waals surface area contributed by atoms with Crippen LogP contribution in [0.5, 0.6) is 11.5 Å². The average molecular weight is 312 g/mol. The number of ether oxygens (including phenoxy) is 1. The number of rotatable bonds is 5. The van der Waals surface area contributed by atoms with Crippen molar-refractivity contribution in [2.45, 2.75) is 24.3 Å². The highest BCUT2D eigenvalue weighted by atomic mass is 16.5. The van der Waals surface area contributed by atoms with Crippen LogP contribution < -0.4 is 15.4 Å². The van der Waals surface area contributed by atoms with Crippen LogP contribution >= 0.6 is 0 Å². The predicted molar refractivity (Wildman–Crippen MR) is 76.8 cm³/mol. The third-order valence-electron chi connectivity index (χ3n) is 3.75. The summed E-state index contributed by atoms with van der Waals surface area (Å²) in [4.78, 5) is 12.1. The lowest BCUT2D eigenvalue weighted by atomic mass is 10.1. The topological polar surface area (TPSA) is 131 Å². The fourth-order valence-electron chi connectivity index (χ4n) is 2.46. The van der Waals surface area contributed by atoms with E-state index in [4.69, 9.17) is 9.84 Å². The highest BCUT2D eigenvalue weighted by molar-refractivity contribution is 5.97. The van der Waals surface area contributed by atoms with E-state index >= 15 is 0 Å². The van der Waals surface area contributed by atoms with Gasteiger partial charge in [-0.3, -0.25) is 4.79 Å². The summed E-state index contributed by atoms with van der Waals surface area (Å²) in [6.07, 6.45) is -2.20. The second-order valence-corrected chi connectivity index (χ2v) is 5.11. The molecule has 0 aliphatic carbocycles. The average Bonchev–Trinajstić information content (AvgIpc) is 2.80. The molecule has 8 heteroatoms. The summed E-state index contributed by atoms with van der Waals surface area (Å²) in [5, 5.41) is 43.9. The lowest BCUT2D eigenvalue weighted by Crippen LogP contribution is -2.44. The fourth-order valence-corrected chi connectivity index (χ4v) is 2.46. The van der Waals surface area contributed by atoms with Gasteiger partial charge in [0.1, 0.15) is 0 Å².